The highest BCUT2D eigenvalue weighted by atomic mass is 19.1. The minimum absolute atomic E-state index is 0.0575. The van der Waals surface area contributed by atoms with Gasteiger partial charge in [-0.2, -0.15) is 0 Å². The van der Waals surface area contributed by atoms with E-state index in [1.54, 1.807) is 0 Å². The van der Waals surface area contributed by atoms with Crippen molar-refractivity contribution < 1.29 is 13.6 Å². The maximum absolute atomic E-state index is 14.8. The molecule has 2 aromatic rings. The molecule has 1 amide bonds. The summed E-state index contributed by atoms with van der Waals surface area (Å²) < 4.78 is 28.2. The lowest BCUT2D eigenvalue weighted by atomic mass is 9.92. The molecule has 2 aliphatic rings. The highest BCUT2D eigenvalue weighted by Crippen LogP contribution is 2.48. The van der Waals surface area contributed by atoms with Crippen molar-refractivity contribution in [3.05, 3.63) is 71.0 Å². The van der Waals surface area contributed by atoms with Gasteiger partial charge in [-0.25, -0.2) is 8.78 Å². The summed E-state index contributed by atoms with van der Waals surface area (Å²) >= 11 is 0. The molecule has 1 heterocycles. The molecule has 0 unspecified atom stereocenters. The fourth-order valence-corrected chi connectivity index (χ4v) is 3.80. The zero-order valence-corrected chi connectivity index (χ0v) is 15.3. The van der Waals surface area contributed by atoms with Crippen LogP contribution in [-0.2, 0) is 10.2 Å². The van der Waals surface area contributed by atoms with Crippen LogP contribution < -0.4 is 10.6 Å². The number of carbonyl (C=O) groups excluding carboxylic acids is 1. The molecule has 3 nitrogen and oxygen atoms in total. The first-order valence-corrected chi connectivity index (χ1v) is 9.49. The molecule has 142 valence electrons. The molecule has 27 heavy (non-hydrogen) atoms. The second-order valence-corrected chi connectivity index (χ2v) is 7.95. The van der Waals surface area contributed by atoms with E-state index in [-0.39, 0.29) is 30.1 Å². The van der Waals surface area contributed by atoms with Gasteiger partial charge in [-0.3, -0.25) is 4.79 Å². The number of carbonyl (C=O) groups is 1. The van der Waals surface area contributed by atoms with Crippen molar-refractivity contribution in [2.45, 2.75) is 49.9 Å². The second kappa shape index (κ2) is 7.04. The van der Waals surface area contributed by atoms with Gasteiger partial charge in [-0.1, -0.05) is 49.4 Å². The molecule has 1 saturated heterocycles. The summed E-state index contributed by atoms with van der Waals surface area (Å²) in [6.45, 7) is 2.26. The average Bonchev–Trinajstić information content (AvgIpc) is 3.26. The Morgan fingerprint density at radius 3 is 2.52 bits per heavy atom. The molecule has 1 saturated carbocycles. The zero-order chi connectivity index (χ0) is 19.0. The minimum atomic E-state index is -1.01. The highest BCUT2D eigenvalue weighted by Gasteiger charge is 2.41. The van der Waals surface area contributed by atoms with E-state index in [2.05, 4.69) is 17.6 Å². The maximum Gasteiger partial charge on any atom is 0.237 e. The third kappa shape index (κ3) is 3.74. The van der Waals surface area contributed by atoms with Gasteiger partial charge in [0.2, 0.25) is 5.91 Å². The van der Waals surface area contributed by atoms with E-state index < -0.39 is 18.3 Å². The number of alkyl halides is 1. The molecule has 0 aromatic heterocycles. The van der Waals surface area contributed by atoms with E-state index in [4.69, 9.17) is 0 Å². The van der Waals surface area contributed by atoms with E-state index in [0.717, 1.165) is 24.0 Å². The first kappa shape index (κ1) is 18.1. The zero-order valence-electron chi connectivity index (χ0n) is 15.3. The van der Waals surface area contributed by atoms with E-state index in [0.29, 0.717) is 5.56 Å². The van der Waals surface area contributed by atoms with Crippen LogP contribution in [0, 0.1) is 5.82 Å². The van der Waals surface area contributed by atoms with Crippen molar-refractivity contribution in [1.29, 1.82) is 0 Å². The van der Waals surface area contributed by atoms with Crippen molar-refractivity contribution in [1.82, 2.24) is 10.6 Å². The molecule has 3 atom stereocenters. The van der Waals surface area contributed by atoms with Gasteiger partial charge >= 0.3 is 0 Å². The number of rotatable bonds is 5. The van der Waals surface area contributed by atoms with Gasteiger partial charge in [0.1, 0.15) is 12.0 Å². The van der Waals surface area contributed by atoms with E-state index in [1.807, 2.05) is 42.5 Å². The van der Waals surface area contributed by atoms with Gasteiger partial charge in [0, 0.05) is 13.0 Å². The summed E-state index contributed by atoms with van der Waals surface area (Å²) in [7, 11) is 0. The average molecular weight is 370 g/mol. The quantitative estimate of drug-likeness (QED) is 0.841. The Bertz CT molecular complexity index is 835. The Hall–Kier alpha value is -2.27. The lowest BCUT2D eigenvalue weighted by molar-refractivity contribution is -0.123. The predicted molar refractivity (Wildman–Crippen MR) is 101 cm³/mol. The molecule has 0 radical (unpaired) electrons. The van der Waals surface area contributed by atoms with E-state index >= 15 is 0 Å². The van der Waals surface area contributed by atoms with Crippen LogP contribution in [0.2, 0.25) is 0 Å². The largest absolute Gasteiger partial charge is 0.344 e. The van der Waals surface area contributed by atoms with Crippen molar-refractivity contribution in [2.75, 3.05) is 6.54 Å². The molecular weight excluding hydrogens is 346 g/mol. The Kier molecular flexibility index (Phi) is 4.72. The van der Waals surface area contributed by atoms with Crippen LogP contribution in [-0.4, -0.2) is 24.7 Å². The Morgan fingerprint density at radius 2 is 1.93 bits per heavy atom. The summed E-state index contributed by atoms with van der Waals surface area (Å²) in [6.07, 6.45) is 1.16. The monoisotopic (exact) mass is 370 g/mol. The van der Waals surface area contributed by atoms with Crippen molar-refractivity contribution in [3.8, 4) is 0 Å². The number of benzene rings is 2. The number of nitrogens with one attached hydrogen (secondary N) is 2. The SMILES string of the molecule is CC1(c2ccc([C@@H](NC(=O)[C@@H]3C[C@@H](F)CN3)c3ccccc3)cc2F)CC1. The van der Waals surface area contributed by atoms with Crippen molar-refractivity contribution >= 4 is 5.91 Å². The minimum Gasteiger partial charge on any atom is -0.344 e. The lowest BCUT2D eigenvalue weighted by Gasteiger charge is -2.23. The molecule has 2 aromatic carbocycles. The summed E-state index contributed by atoms with van der Waals surface area (Å²) in [5.74, 6) is -0.492. The lowest BCUT2D eigenvalue weighted by Crippen LogP contribution is -2.42. The van der Waals surface area contributed by atoms with Gasteiger partial charge < -0.3 is 10.6 Å². The molecule has 5 heteroatoms. The number of halogens is 2. The second-order valence-electron chi connectivity index (χ2n) is 7.95. The highest BCUT2D eigenvalue weighted by molar-refractivity contribution is 5.83. The molecule has 1 aliphatic carbocycles. The first-order chi connectivity index (χ1) is 13.0. The fraction of sp³-hybridized carbons (Fsp3) is 0.409. The predicted octanol–water partition coefficient (Wildman–Crippen LogP) is 3.78. The summed E-state index contributed by atoms with van der Waals surface area (Å²) in [5, 5.41) is 5.88. The van der Waals surface area contributed by atoms with Crippen LogP contribution in [0.4, 0.5) is 8.78 Å². The molecule has 2 fully saturated rings. The normalized spacial score (nSPS) is 24.4. The van der Waals surface area contributed by atoms with E-state index in [1.165, 1.54) is 6.07 Å². The van der Waals surface area contributed by atoms with Gasteiger partial charge in [0.15, 0.2) is 0 Å². The van der Waals surface area contributed by atoms with Crippen LogP contribution in [0.15, 0.2) is 48.5 Å². The Labute approximate surface area is 158 Å². The van der Waals surface area contributed by atoms with Gasteiger partial charge in [-0.15, -0.1) is 0 Å². The van der Waals surface area contributed by atoms with Crippen LogP contribution in [0.25, 0.3) is 0 Å². The van der Waals surface area contributed by atoms with E-state index in [9.17, 15) is 13.6 Å². The molecule has 2 N–H and O–H groups in total. The molecular formula is C22H24F2N2O. The Balaban J connectivity index is 1.62. The van der Waals surface area contributed by atoms with Crippen molar-refractivity contribution in [2.24, 2.45) is 0 Å². The molecule has 0 bridgehead atoms. The van der Waals surface area contributed by atoms with Crippen molar-refractivity contribution in [3.63, 3.8) is 0 Å². The van der Waals surface area contributed by atoms with Crippen LogP contribution in [0.1, 0.15) is 48.9 Å². The summed E-state index contributed by atoms with van der Waals surface area (Å²) in [5.41, 5.74) is 2.24. The number of hydrogen-bond acceptors (Lipinski definition) is 2. The van der Waals surface area contributed by atoms with Gasteiger partial charge in [-0.05, 0) is 41.0 Å². The third-order valence-corrected chi connectivity index (χ3v) is 5.79. The third-order valence-electron chi connectivity index (χ3n) is 5.79. The van der Waals surface area contributed by atoms with Crippen LogP contribution >= 0.6 is 0 Å². The van der Waals surface area contributed by atoms with Gasteiger partial charge in [0.25, 0.3) is 0 Å². The number of hydrogen-bond donors (Lipinski definition) is 2. The maximum atomic E-state index is 14.8. The first-order valence-electron chi connectivity index (χ1n) is 9.49. The fourth-order valence-electron chi connectivity index (χ4n) is 3.80. The molecule has 4 rings (SSSR count). The van der Waals surface area contributed by atoms with Crippen LogP contribution in [0.5, 0.6) is 0 Å². The molecule has 0 spiro atoms. The van der Waals surface area contributed by atoms with Crippen LogP contribution in [0.3, 0.4) is 0 Å². The van der Waals surface area contributed by atoms with Gasteiger partial charge in [0.05, 0.1) is 12.1 Å². The number of amides is 1. The Morgan fingerprint density at radius 1 is 1.19 bits per heavy atom. The summed E-state index contributed by atoms with van der Waals surface area (Å²) in [4.78, 5) is 12.6. The molecule has 1 aliphatic heterocycles. The standard InChI is InChI=1S/C22H24F2N2O/c1-22(9-10-22)17-8-7-15(11-18(17)24)20(14-5-3-2-4-6-14)26-21(27)19-12-16(23)13-25-19/h2-8,11,16,19-20,25H,9-10,12-13H2,1H3,(H,26,27)/t16-,19+,20+/m1/s1. The topological polar surface area (TPSA) is 41.1 Å². The smallest absolute Gasteiger partial charge is 0.237 e. The summed E-state index contributed by atoms with van der Waals surface area (Å²) in [6, 6.07) is 13.7.